The molecular weight excluding hydrogens is 382 g/mol. The zero-order chi connectivity index (χ0) is 20.8. The van der Waals surface area contributed by atoms with E-state index in [1.807, 2.05) is 104 Å². The minimum Gasteiger partial charge on any atom is -0.324 e. The number of fused-ring (bicyclic) bond motifs is 1. The number of nitrogens with one attached hydrogen (secondary N) is 1. The van der Waals surface area contributed by atoms with E-state index >= 15 is 0 Å². The van der Waals surface area contributed by atoms with Crippen LogP contribution in [0.3, 0.4) is 0 Å². The number of nitrogens with zero attached hydrogens (tertiary/aromatic N) is 2. The standard InChI is InChI=1S/C23H24N3O2S/c1-16-14-17(2)22(18(3)15-16)29(27,28)24-23-21(26-12-8-5-9-13-26)19-10-6-7-11-20(19)25(23)4/h5-15,24H,1-4H3/q+1. The van der Waals surface area contributed by atoms with Crippen LogP contribution in [0.4, 0.5) is 5.82 Å². The maximum Gasteiger partial charge on any atom is 0.263 e. The maximum atomic E-state index is 13.4. The first-order valence-corrected chi connectivity index (χ1v) is 10.9. The molecule has 0 spiro atoms. The van der Waals surface area contributed by atoms with Gasteiger partial charge < -0.3 is 4.57 Å². The smallest absolute Gasteiger partial charge is 0.263 e. The predicted molar refractivity (Wildman–Crippen MR) is 116 cm³/mol. The van der Waals surface area contributed by atoms with Gasteiger partial charge in [0.1, 0.15) is 0 Å². The lowest BCUT2D eigenvalue weighted by molar-refractivity contribution is -0.593. The van der Waals surface area contributed by atoms with Crippen LogP contribution in [0.15, 0.2) is 71.9 Å². The van der Waals surface area contributed by atoms with E-state index in [4.69, 9.17) is 0 Å². The van der Waals surface area contributed by atoms with Crippen LogP contribution < -0.4 is 9.29 Å². The highest BCUT2D eigenvalue weighted by Crippen LogP contribution is 2.32. The molecule has 5 nitrogen and oxygen atoms in total. The van der Waals surface area contributed by atoms with Crippen molar-refractivity contribution in [1.82, 2.24) is 4.57 Å². The molecule has 2 aromatic heterocycles. The second-order valence-electron chi connectivity index (χ2n) is 7.39. The Morgan fingerprint density at radius 3 is 2.17 bits per heavy atom. The van der Waals surface area contributed by atoms with Gasteiger partial charge in [-0.15, -0.1) is 0 Å². The van der Waals surface area contributed by atoms with Gasteiger partial charge in [-0.2, -0.15) is 4.57 Å². The van der Waals surface area contributed by atoms with E-state index < -0.39 is 10.0 Å². The summed E-state index contributed by atoms with van der Waals surface area (Å²) < 4.78 is 33.6. The largest absolute Gasteiger partial charge is 0.324 e. The highest BCUT2D eigenvalue weighted by molar-refractivity contribution is 7.92. The van der Waals surface area contributed by atoms with Gasteiger partial charge in [0.2, 0.25) is 0 Å². The first kappa shape index (κ1) is 19.2. The van der Waals surface area contributed by atoms with Crippen molar-refractivity contribution in [3.05, 3.63) is 83.7 Å². The molecule has 148 valence electrons. The van der Waals surface area contributed by atoms with E-state index in [0.717, 1.165) is 33.3 Å². The molecule has 0 unspecified atom stereocenters. The summed E-state index contributed by atoms with van der Waals surface area (Å²) in [5, 5.41) is 0.973. The van der Waals surface area contributed by atoms with Crippen LogP contribution in [0, 0.1) is 20.8 Å². The fourth-order valence-electron chi connectivity index (χ4n) is 4.07. The quantitative estimate of drug-likeness (QED) is 0.517. The minimum absolute atomic E-state index is 0.331. The molecule has 0 atom stereocenters. The molecule has 0 saturated heterocycles. The first-order valence-electron chi connectivity index (χ1n) is 9.44. The normalized spacial score (nSPS) is 11.7. The van der Waals surface area contributed by atoms with Crippen molar-refractivity contribution in [3.8, 4) is 5.69 Å². The van der Waals surface area contributed by atoms with Crippen molar-refractivity contribution in [2.24, 2.45) is 7.05 Å². The molecule has 0 saturated carbocycles. The number of hydrogen-bond donors (Lipinski definition) is 1. The summed E-state index contributed by atoms with van der Waals surface area (Å²) in [5.41, 5.74) is 4.28. The number of anilines is 1. The lowest BCUT2D eigenvalue weighted by Crippen LogP contribution is -2.31. The third-order valence-corrected chi connectivity index (χ3v) is 6.80. The number of benzene rings is 2. The van der Waals surface area contributed by atoms with Gasteiger partial charge in [0.15, 0.2) is 18.2 Å². The lowest BCUT2D eigenvalue weighted by Gasteiger charge is -2.14. The monoisotopic (exact) mass is 406 g/mol. The van der Waals surface area contributed by atoms with Crippen LogP contribution in [-0.2, 0) is 17.1 Å². The zero-order valence-corrected chi connectivity index (χ0v) is 17.8. The fraction of sp³-hybridized carbons (Fsp3) is 0.174. The SMILES string of the molecule is Cc1cc(C)c(S(=O)(=O)Nc2c(-[n+]3ccccc3)c3ccccc3n2C)c(C)c1. The Balaban J connectivity index is 1.95. The lowest BCUT2D eigenvalue weighted by atomic mass is 10.1. The zero-order valence-electron chi connectivity index (χ0n) is 17.0. The maximum absolute atomic E-state index is 13.4. The third-order valence-electron chi connectivity index (χ3n) is 5.16. The molecule has 0 bridgehead atoms. The molecule has 6 heteroatoms. The van der Waals surface area contributed by atoms with Crippen molar-refractivity contribution < 1.29 is 13.0 Å². The molecule has 4 aromatic rings. The van der Waals surface area contributed by atoms with Crippen LogP contribution in [-0.4, -0.2) is 13.0 Å². The Hall–Kier alpha value is -3.12. The summed E-state index contributed by atoms with van der Waals surface area (Å²) in [5.74, 6) is 0.529. The number of aromatic nitrogens is 2. The second-order valence-corrected chi connectivity index (χ2v) is 9.01. The Labute approximate surface area is 171 Å². The minimum atomic E-state index is -3.78. The predicted octanol–water partition coefficient (Wildman–Crippen LogP) is 4.18. The fourth-order valence-corrected chi connectivity index (χ4v) is 5.62. The van der Waals surface area contributed by atoms with E-state index in [0.29, 0.717) is 10.7 Å². The van der Waals surface area contributed by atoms with Gasteiger partial charge in [-0.1, -0.05) is 35.9 Å². The molecule has 0 aliphatic heterocycles. The van der Waals surface area contributed by atoms with E-state index in [2.05, 4.69) is 4.72 Å². The van der Waals surface area contributed by atoms with Gasteiger partial charge in [-0.25, -0.2) is 8.42 Å². The van der Waals surface area contributed by atoms with Gasteiger partial charge in [0.25, 0.3) is 15.7 Å². The number of para-hydroxylation sites is 1. The third kappa shape index (κ3) is 3.29. The van der Waals surface area contributed by atoms with E-state index in [1.54, 1.807) is 0 Å². The molecule has 2 heterocycles. The van der Waals surface area contributed by atoms with Crippen LogP contribution in [0.25, 0.3) is 16.6 Å². The molecule has 0 aliphatic carbocycles. The van der Waals surface area contributed by atoms with Crippen molar-refractivity contribution in [1.29, 1.82) is 0 Å². The Bertz CT molecular complexity index is 1300. The number of rotatable bonds is 4. The van der Waals surface area contributed by atoms with Crippen molar-refractivity contribution in [2.45, 2.75) is 25.7 Å². The van der Waals surface area contributed by atoms with Crippen LogP contribution in [0.5, 0.6) is 0 Å². The van der Waals surface area contributed by atoms with Crippen molar-refractivity contribution in [3.63, 3.8) is 0 Å². The van der Waals surface area contributed by atoms with E-state index in [9.17, 15) is 8.42 Å². The van der Waals surface area contributed by atoms with Crippen molar-refractivity contribution in [2.75, 3.05) is 4.72 Å². The van der Waals surface area contributed by atoms with E-state index in [-0.39, 0.29) is 0 Å². The highest BCUT2D eigenvalue weighted by Gasteiger charge is 2.28. The summed E-state index contributed by atoms with van der Waals surface area (Å²) in [6.07, 6.45) is 3.84. The van der Waals surface area contributed by atoms with Gasteiger partial charge in [-0.3, -0.25) is 4.72 Å². The van der Waals surface area contributed by atoms with Crippen LogP contribution >= 0.6 is 0 Å². The summed E-state index contributed by atoms with van der Waals surface area (Å²) in [6.45, 7) is 5.64. The Morgan fingerprint density at radius 2 is 1.52 bits per heavy atom. The molecular formula is C23H24N3O2S+. The van der Waals surface area contributed by atoms with E-state index in [1.165, 1.54) is 0 Å². The average Bonchev–Trinajstić information content (AvgIpc) is 2.93. The summed E-state index contributed by atoms with van der Waals surface area (Å²) in [6, 6.07) is 17.5. The van der Waals surface area contributed by atoms with Crippen LogP contribution in [0.1, 0.15) is 16.7 Å². The van der Waals surface area contributed by atoms with Gasteiger partial charge in [0, 0.05) is 19.2 Å². The molecule has 0 aliphatic rings. The molecule has 1 N–H and O–H groups in total. The topological polar surface area (TPSA) is 55.0 Å². The van der Waals surface area contributed by atoms with Crippen molar-refractivity contribution >= 4 is 26.7 Å². The average molecular weight is 407 g/mol. The summed E-state index contributed by atoms with van der Waals surface area (Å²) >= 11 is 0. The van der Waals surface area contributed by atoms with Gasteiger partial charge in [-0.05, 0) is 44.0 Å². The molecule has 0 radical (unpaired) electrons. The molecule has 4 rings (SSSR count). The molecule has 2 aromatic carbocycles. The number of hydrogen-bond acceptors (Lipinski definition) is 2. The van der Waals surface area contributed by atoms with Crippen LogP contribution in [0.2, 0.25) is 0 Å². The molecule has 0 fully saturated rings. The molecule has 0 amide bonds. The van der Waals surface area contributed by atoms with Gasteiger partial charge in [0.05, 0.1) is 15.8 Å². The number of sulfonamides is 1. The number of pyridine rings is 1. The second kappa shape index (κ2) is 7.04. The molecule has 29 heavy (non-hydrogen) atoms. The summed E-state index contributed by atoms with van der Waals surface area (Å²) in [7, 11) is -1.90. The van der Waals surface area contributed by atoms with Gasteiger partial charge >= 0.3 is 0 Å². The Kier molecular flexibility index (Phi) is 4.67. The summed E-state index contributed by atoms with van der Waals surface area (Å²) in [4.78, 5) is 0.331. The number of aryl methyl sites for hydroxylation is 4. The first-order chi connectivity index (χ1) is 13.8. The Morgan fingerprint density at radius 1 is 0.897 bits per heavy atom. The highest BCUT2D eigenvalue weighted by atomic mass is 32.2.